The molecule has 0 fully saturated rings. The number of nitrogens with one attached hydrogen (secondary N) is 1. The summed E-state index contributed by atoms with van der Waals surface area (Å²) < 4.78 is 7.56. The maximum absolute atomic E-state index is 11.8. The molecule has 0 unspecified atom stereocenters. The van der Waals surface area contributed by atoms with Crippen molar-refractivity contribution >= 4 is 23.6 Å². The molecule has 8 nitrogen and oxygen atoms in total. The molecule has 0 aliphatic carbocycles. The van der Waals surface area contributed by atoms with E-state index in [1.54, 1.807) is 36.3 Å². The third-order valence-corrected chi connectivity index (χ3v) is 2.68. The van der Waals surface area contributed by atoms with E-state index in [0.29, 0.717) is 5.69 Å². The molecule has 21 heavy (non-hydrogen) atoms. The molecule has 0 aliphatic rings. The van der Waals surface area contributed by atoms with Crippen molar-refractivity contribution < 1.29 is 14.3 Å². The Morgan fingerprint density at radius 3 is 2.90 bits per heavy atom. The van der Waals surface area contributed by atoms with Gasteiger partial charge in [-0.25, -0.2) is 0 Å². The maximum atomic E-state index is 11.8. The van der Waals surface area contributed by atoms with Gasteiger partial charge in [0.1, 0.15) is 6.54 Å². The number of amides is 1. The number of carbonyl (C=O) groups excluding carboxylic acids is 2. The first-order chi connectivity index (χ1) is 10.1. The lowest BCUT2D eigenvalue weighted by Crippen LogP contribution is -2.12. The SMILES string of the molecule is COC(=O)Cn1cc(NC(=O)/C=C/c2ccnn2C)cn1. The number of aryl methyl sites for hydroxylation is 1. The minimum absolute atomic E-state index is 0.00275. The molecule has 2 heterocycles. The fraction of sp³-hybridized carbons (Fsp3) is 0.231. The van der Waals surface area contributed by atoms with E-state index in [1.165, 1.54) is 24.1 Å². The first-order valence-electron chi connectivity index (χ1n) is 6.15. The highest BCUT2D eigenvalue weighted by Gasteiger charge is 2.05. The van der Waals surface area contributed by atoms with Crippen molar-refractivity contribution in [2.45, 2.75) is 6.54 Å². The minimum atomic E-state index is -0.410. The summed E-state index contributed by atoms with van der Waals surface area (Å²) >= 11 is 0. The van der Waals surface area contributed by atoms with E-state index in [4.69, 9.17) is 0 Å². The Labute approximate surface area is 121 Å². The predicted molar refractivity (Wildman–Crippen MR) is 75.1 cm³/mol. The Hall–Kier alpha value is -2.90. The average Bonchev–Trinajstić information content (AvgIpc) is 3.05. The lowest BCUT2D eigenvalue weighted by Gasteiger charge is -1.99. The Morgan fingerprint density at radius 1 is 1.43 bits per heavy atom. The number of methoxy groups -OCH3 is 1. The monoisotopic (exact) mass is 289 g/mol. The van der Waals surface area contributed by atoms with Crippen LogP contribution in [0.3, 0.4) is 0 Å². The molecular formula is C13H15N5O3. The Morgan fingerprint density at radius 2 is 2.24 bits per heavy atom. The largest absolute Gasteiger partial charge is 0.468 e. The second kappa shape index (κ2) is 6.51. The van der Waals surface area contributed by atoms with E-state index >= 15 is 0 Å². The summed E-state index contributed by atoms with van der Waals surface area (Å²) in [6.45, 7) is -0.00275. The number of esters is 1. The van der Waals surface area contributed by atoms with Gasteiger partial charge in [0, 0.05) is 25.5 Å². The first kappa shape index (κ1) is 14.5. The zero-order valence-electron chi connectivity index (χ0n) is 11.7. The van der Waals surface area contributed by atoms with Gasteiger partial charge in [-0.15, -0.1) is 0 Å². The summed E-state index contributed by atoms with van der Waals surface area (Å²) in [5.41, 5.74) is 1.31. The van der Waals surface area contributed by atoms with Gasteiger partial charge in [0.05, 0.1) is 24.7 Å². The quantitative estimate of drug-likeness (QED) is 0.637. The molecule has 1 N–H and O–H groups in total. The number of anilines is 1. The number of aromatic nitrogens is 4. The molecule has 2 rings (SSSR count). The van der Waals surface area contributed by atoms with Gasteiger partial charge in [-0.05, 0) is 12.1 Å². The smallest absolute Gasteiger partial charge is 0.327 e. The fourth-order valence-corrected chi connectivity index (χ4v) is 1.60. The third-order valence-electron chi connectivity index (χ3n) is 2.68. The standard InChI is InChI=1S/C13H15N5O3/c1-17-11(5-6-14-17)3-4-12(19)16-10-7-15-18(8-10)9-13(20)21-2/h3-8H,9H2,1-2H3,(H,16,19)/b4-3+. The van der Waals surface area contributed by atoms with Crippen molar-refractivity contribution in [2.75, 3.05) is 12.4 Å². The molecular weight excluding hydrogens is 274 g/mol. The van der Waals surface area contributed by atoms with Gasteiger partial charge in [-0.1, -0.05) is 0 Å². The minimum Gasteiger partial charge on any atom is -0.468 e. The van der Waals surface area contributed by atoms with Crippen LogP contribution in [0.5, 0.6) is 0 Å². The zero-order chi connectivity index (χ0) is 15.2. The van der Waals surface area contributed by atoms with Crippen LogP contribution in [0.4, 0.5) is 5.69 Å². The van der Waals surface area contributed by atoms with Crippen molar-refractivity contribution in [2.24, 2.45) is 7.05 Å². The first-order valence-corrected chi connectivity index (χ1v) is 6.15. The van der Waals surface area contributed by atoms with Crippen LogP contribution in [0.25, 0.3) is 6.08 Å². The topological polar surface area (TPSA) is 91.0 Å². The van der Waals surface area contributed by atoms with Crippen molar-refractivity contribution in [3.63, 3.8) is 0 Å². The van der Waals surface area contributed by atoms with Crippen molar-refractivity contribution in [3.05, 3.63) is 36.4 Å². The van der Waals surface area contributed by atoms with Gasteiger partial charge in [0.15, 0.2) is 0 Å². The molecule has 0 saturated carbocycles. The zero-order valence-corrected chi connectivity index (χ0v) is 11.7. The fourth-order valence-electron chi connectivity index (χ4n) is 1.60. The van der Waals surface area contributed by atoms with Gasteiger partial charge >= 0.3 is 5.97 Å². The van der Waals surface area contributed by atoms with Crippen LogP contribution in [0.15, 0.2) is 30.7 Å². The molecule has 0 atom stereocenters. The molecule has 2 aromatic rings. The lowest BCUT2D eigenvalue weighted by molar-refractivity contribution is -0.141. The van der Waals surface area contributed by atoms with E-state index in [0.717, 1.165) is 5.69 Å². The van der Waals surface area contributed by atoms with Gasteiger partial charge in [-0.2, -0.15) is 10.2 Å². The van der Waals surface area contributed by atoms with Crippen LogP contribution < -0.4 is 5.32 Å². The number of hydrogen-bond donors (Lipinski definition) is 1. The summed E-state index contributed by atoms with van der Waals surface area (Å²) in [6, 6.07) is 1.79. The number of rotatable bonds is 5. The summed E-state index contributed by atoms with van der Waals surface area (Å²) in [6.07, 6.45) is 7.70. The highest BCUT2D eigenvalue weighted by Crippen LogP contribution is 2.06. The summed E-state index contributed by atoms with van der Waals surface area (Å²) in [5, 5.41) is 10.6. The second-order valence-corrected chi connectivity index (χ2v) is 4.20. The van der Waals surface area contributed by atoms with Gasteiger partial charge in [0.25, 0.3) is 0 Å². The van der Waals surface area contributed by atoms with E-state index in [9.17, 15) is 9.59 Å². The Balaban J connectivity index is 1.92. The molecule has 8 heteroatoms. The van der Waals surface area contributed by atoms with Crippen LogP contribution in [0, 0.1) is 0 Å². The van der Waals surface area contributed by atoms with Crippen LogP contribution in [0.1, 0.15) is 5.69 Å². The number of ether oxygens (including phenoxy) is 1. The summed E-state index contributed by atoms with van der Waals surface area (Å²) in [4.78, 5) is 22.8. The molecule has 2 aromatic heterocycles. The third kappa shape index (κ3) is 4.03. The summed E-state index contributed by atoms with van der Waals surface area (Å²) in [7, 11) is 3.09. The van der Waals surface area contributed by atoms with Crippen LogP contribution in [-0.2, 0) is 27.9 Å². The Kier molecular flexibility index (Phi) is 4.50. The van der Waals surface area contributed by atoms with E-state index in [2.05, 4.69) is 20.3 Å². The molecule has 0 spiro atoms. The molecule has 1 amide bonds. The number of carbonyl (C=O) groups is 2. The normalized spacial score (nSPS) is 10.8. The predicted octanol–water partition coefficient (Wildman–Crippen LogP) is 0.441. The van der Waals surface area contributed by atoms with Gasteiger partial charge < -0.3 is 10.1 Å². The molecule has 110 valence electrons. The van der Waals surface area contributed by atoms with Gasteiger partial charge in [-0.3, -0.25) is 19.0 Å². The van der Waals surface area contributed by atoms with Crippen molar-refractivity contribution in [3.8, 4) is 0 Å². The van der Waals surface area contributed by atoms with E-state index < -0.39 is 5.97 Å². The molecule has 0 bridgehead atoms. The van der Waals surface area contributed by atoms with E-state index in [-0.39, 0.29) is 12.5 Å². The van der Waals surface area contributed by atoms with E-state index in [1.807, 2.05) is 0 Å². The van der Waals surface area contributed by atoms with Crippen LogP contribution in [-0.4, -0.2) is 38.5 Å². The molecule has 0 aliphatic heterocycles. The van der Waals surface area contributed by atoms with Crippen molar-refractivity contribution in [1.29, 1.82) is 0 Å². The molecule has 0 saturated heterocycles. The average molecular weight is 289 g/mol. The number of hydrogen-bond acceptors (Lipinski definition) is 5. The Bertz CT molecular complexity index is 671. The maximum Gasteiger partial charge on any atom is 0.327 e. The lowest BCUT2D eigenvalue weighted by atomic mass is 10.3. The highest BCUT2D eigenvalue weighted by atomic mass is 16.5. The van der Waals surface area contributed by atoms with Crippen LogP contribution in [0.2, 0.25) is 0 Å². The van der Waals surface area contributed by atoms with Crippen LogP contribution >= 0.6 is 0 Å². The van der Waals surface area contributed by atoms with Gasteiger partial charge in [0.2, 0.25) is 5.91 Å². The molecule has 0 radical (unpaired) electrons. The number of nitrogens with zero attached hydrogens (tertiary/aromatic N) is 4. The molecule has 0 aromatic carbocycles. The highest BCUT2D eigenvalue weighted by molar-refractivity contribution is 6.01. The van der Waals surface area contributed by atoms with Crippen molar-refractivity contribution in [1.82, 2.24) is 19.6 Å². The summed E-state index contributed by atoms with van der Waals surface area (Å²) in [5.74, 6) is -0.708. The second-order valence-electron chi connectivity index (χ2n) is 4.20.